The van der Waals surface area contributed by atoms with Gasteiger partial charge < -0.3 is 10.6 Å². The van der Waals surface area contributed by atoms with Crippen LogP contribution >= 0.6 is 0 Å². The highest BCUT2D eigenvalue weighted by Gasteiger charge is 2.29. The molecule has 0 aromatic carbocycles. The summed E-state index contributed by atoms with van der Waals surface area (Å²) in [5, 5.41) is 0. The van der Waals surface area contributed by atoms with Gasteiger partial charge in [-0.3, -0.25) is 9.88 Å². The second-order valence-electron chi connectivity index (χ2n) is 5.20. The Hall–Kier alpha value is -1.20. The molecule has 5 nitrogen and oxygen atoms in total. The predicted octanol–water partition coefficient (Wildman–Crippen LogP) is 0.610. The van der Waals surface area contributed by atoms with E-state index in [-0.39, 0.29) is 0 Å². The fraction of sp³-hybridized carbons (Fsp3) is 0.692. The Kier molecular flexibility index (Phi) is 3.43. The minimum Gasteiger partial charge on any atom is -0.354 e. The lowest BCUT2D eigenvalue weighted by Gasteiger charge is -2.26. The predicted molar refractivity (Wildman–Crippen MR) is 71.3 cm³/mol. The maximum absolute atomic E-state index is 5.64. The quantitative estimate of drug-likeness (QED) is 0.830. The van der Waals surface area contributed by atoms with Crippen LogP contribution in [0, 0.1) is 0 Å². The number of nitrogens with two attached hydrogens (primary N) is 1. The molecule has 3 rings (SSSR count). The summed E-state index contributed by atoms with van der Waals surface area (Å²) in [6.45, 7) is 5.13. The van der Waals surface area contributed by atoms with E-state index in [4.69, 9.17) is 5.73 Å². The van der Waals surface area contributed by atoms with Gasteiger partial charge in [0.1, 0.15) is 5.82 Å². The molecule has 1 unspecified atom stereocenters. The van der Waals surface area contributed by atoms with Gasteiger partial charge in [0, 0.05) is 38.4 Å². The molecule has 98 valence electrons. The molecular formula is C13H21N5. The maximum atomic E-state index is 5.64. The van der Waals surface area contributed by atoms with Crippen molar-refractivity contribution in [2.24, 2.45) is 5.73 Å². The van der Waals surface area contributed by atoms with Crippen molar-refractivity contribution in [2.45, 2.75) is 31.8 Å². The average molecular weight is 247 g/mol. The maximum Gasteiger partial charge on any atom is 0.147 e. The number of fused-ring (bicyclic) bond motifs is 1. The SMILES string of the molecule is NCc1cncc(N2CCCN3CCCC3C2)n1. The van der Waals surface area contributed by atoms with E-state index < -0.39 is 0 Å². The van der Waals surface area contributed by atoms with E-state index in [0.717, 1.165) is 24.6 Å². The van der Waals surface area contributed by atoms with E-state index in [2.05, 4.69) is 19.8 Å². The fourth-order valence-electron chi connectivity index (χ4n) is 3.06. The number of aromatic nitrogens is 2. The van der Waals surface area contributed by atoms with Crippen LogP contribution in [0.1, 0.15) is 25.0 Å². The summed E-state index contributed by atoms with van der Waals surface area (Å²) in [6.07, 6.45) is 7.49. The van der Waals surface area contributed by atoms with Gasteiger partial charge in [0.25, 0.3) is 0 Å². The Bertz CT molecular complexity index is 408. The summed E-state index contributed by atoms with van der Waals surface area (Å²) in [4.78, 5) is 13.8. The number of nitrogens with zero attached hydrogens (tertiary/aromatic N) is 4. The van der Waals surface area contributed by atoms with E-state index in [9.17, 15) is 0 Å². The first-order valence-electron chi connectivity index (χ1n) is 6.87. The molecule has 18 heavy (non-hydrogen) atoms. The highest BCUT2D eigenvalue weighted by Crippen LogP contribution is 2.23. The minimum absolute atomic E-state index is 0.463. The zero-order valence-electron chi connectivity index (χ0n) is 10.8. The lowest BCUT2D eigenvalue weighted by Crippen LogP contribution is -2.37. The number of hydrogen-bond donors (Lipinski definition) is 1. The molecule has 0 aliphatic carbocycles. The van der Waals surface area contributed by atoms with E-state index in [1.54, 1.807) is 6.20 Å². The first kappa shape index (κ1) is 11.9. The number of rotatable bonds is 2. The van der Waals surface area contributed by atoms with Gasteiger partial charge in [-0.05, 0) is 25.8 Å². The average Bonchev–Trinajstić information content (AvgIpc) is 2.76. The third kappa shape index (κ3) is 2.33. The van der Waals surface area contributed by atoms with Gasteiger partial charge in [-0.1, -0.05) is 0 Å². The van der Waals surface area contributed by atoms with E-state index in [1.807, 2.05) is 6.20 Å². The summed E-state index contributed by atoms with van der Waals surface area (Å²) in [5.41, 5.74) is 6.51. The van der Waals surface area contributed by atoms with Crippen molar-refractivity contribution >= 4 is 5.82 Å². The van der Waals surface area contributed by atoms with Gasteiger partial charge in [-0.2, -0.15) is 0 Å². The highest BCUT2D eigenvalue weighted by atomic mass is 15.3. The molecule has 3 heterocycles. The van der Waals surface area contributed by atoms with Crippen LogP contribution in [0.2, 0.25) is 0 Å². The third-order valence-electron chi connectivity index (χ3n) is 4.01. The summed E-state index contributed by atoms with van der Waals surface area (Å²) < 4.78 is 0. The molecule has 0 bridgehead atoms. The van der Waals surface area contributed by atoms with Crippen molar-refractivity contribution < 1.29 is 0 Å². The van der Waals surface area contributed by atoms with E-state index in [0.29, 0.717) is 12.6 Å². The van der Waals surface area contributed by atoms with Crippen molar-refractivity contribution in [1.82, 2.24) is 14.9 Å². The zero-order valence-corrected chi connectivity index (χ0v) is 10.8. The summed E-state index contributed by atoms with van der Waals surface area (Å²) in [7, 11) is 0. The molecule has 1 aromatic rings. The third-order valence-corrected chi connectivity index (χ3v) is 4.01. The van der Waals surface area contributed by atoms with Crippen LogP contribution in [-0.4, -0.2) is 47.1 Å². The lowest BCUT2D eigenvalue weighted by atomic mass is 10.2. The highest BCUT2D eigenvalue weighted by molar-refractivity contribution is 5.37. The molecule has 0 amide bonds. The summed E-state index contributed by atoms with van der Waals surface area (Å²) in [5.74, 6) is 0.992. The second kappa shape index (κ2) is 5.20. The van der Waals surface area contributed by atoms with Crippen LogP contribution in [0.3, 0.4) is 0 Å². The van der Waals surface area contributed by atoms with Crippen LogP contribution in [0.5, 0.6) is 0 Å². The van der Waals surface area contributed by atoms with Crippen molar-refractivity contribution in [3.8, 4) is 0 Å². The van der Waals surface area contributed by atoms with Crippen molar-refractivity contribution in [3.05, 3.63) is 18.1 Å². The Morgan fingerprint density at radius 3 is 3.00 bits per heavy atom. The van der Waals surface area contributed by atoms with Crippen LogP contribution < -0.4 is 10.6 Å². The van der Waals surface area contributed by atoms with Crippen molar-refractivity contribution in [1.29, 1.82) is 0 Å². The van der Waals surface area contributed by atoms with Gasteiger partial charge in [0.2, 0.25) is 0 Å². The fourth-order valence-corrected chi connectivity index (χ4v) is 3.06. The van der Waals surface area contributed by atoms with Gasteiger partial charge in [0.05, 0.1) is 11.9 Å². The number of anilines is 1. The molecule has 1 aromatic heterocycles. The Labute approximate surface area is 108 Å². The molecule has 5 heteroatoms. The molecule has 2 aliphatic rings. The van der Waals surface area contributed by atoms with Crippen molar-refractivity contribution in [2.75, 3.05) is 31.1 Å². The summed E-state index contributed by atoms with van der Waals surface area (Å²) >= 11 is 0. The Morgan fingerprint density at radius 1 is 1.22 bits per heavy atom. The van der Waals surface area contributed by atoms with Crippen LogP contribution in [-0.2, 0) is 6.54 Å². The molecule has 0 spiro atoms. The standard InChI is InChI=1S/C13H21N5/c14-7-11-8-15-9-13(16-11)18-6-2-5-17-4-1-3-12(17)10-18/h8-9,12H,1-7,10,14H2. The zero-order chi connectivity index (χ0) is 12.4. The topological polar surface area (TPSA) is 58.3 Å². The van der Waals surface area contributed by atoms with Gasteiger partial charge in [-0.15, -0.1) is 0 Å². The lowest BCUT2D eigenvalue weighted by molar-refractivity contribution is 0.273. The molecule has 0 saturated carbocycles. The van der Waals surface area contributed by atoms with Gasteiger partial charge >= 0.3 is 0 Å². The van der Waals surface area contributed by atoms with Gasteiger partial charge in [-0.25, -0.2) is 4.98 Å². The van der Waals surface area contributed by atoms with Crippen molar-refractivity contribution in [3.63, 3.8) is 0 Å². The van der Waals surface area contributed by atoms with E-state index in [1.165, 1.54) is 32.4 Å². The van der Waals surface area contributed by atoms with Crippen LogP contribution in [0.15, 0.2) is 12.4 Å². The molecule has 2 saturated heterocycles. The molecule has 1 atom stereocenters. The molecular weight excluding hydrogens is 226 g/mol. The van der Waals surface area contributed by atoms with E-state index >= 15 is 0 Å². The molecule has 2 aliphatic heterocycles. The Morgan fingerprint density at radius 2 is 2.11 bits per heavy atom. The molecule has 2 fully saturated rings. The normalized spacial score (nSPS) is 24.9. The summed E-state index contributed by atoms with van der Waals surface area (Å²) in [6, 6.07) is 0.704. The molecule has 2 N–H and O–H groups in total. The number of hydrogen-bond acceptors (Lipinski definition) is 5. The van der Waals surface area contributed by atoms with Gasteiger partial charge in [0.15, 0.2) is 0 Å². The first-order chi connectivity index (χ1) is 8.86. The first-order valence-corrected chi connectivity index (χ1v) is 6.87. The van der Waals surface area contributed by atoms with Crippen LogP contribution in [0.25, 0.3) is 0 Å². The minimum atomic E-state index is 0.463. The Balaban J connectivity index is 1.78. The largest absolute Gasteiger partial charge is 0.354 e. The second-order valence-corrected chi connectivity index (χ2v) is 5.20. The molecule has 0 radical (unpaired) electrons. The monoisotopic (exact) mass is 247 g/mol. The van der Waals surface area contributed by atoms with Crippen LogP contribution in [0.4, 0.5) is 5.82 Å². The smallest absolute Gasteiger partial charge is 0.147 e.